The molecule has 3 aliphatic carbocycles. The van der Waals surface area contributed by atoms with Crippen LogP contribution >= 0.6 is 0 Å². The van der Waals surface area contributed by atoms with Crippen molar-refractivity contribution in [3.8, 4) is 11.1 Å². The lowest BCUT2D eigenvalue weighted by atomic mass is 9.60. The Morgan fingerprint density at radius 2 is 0.750 bits per heavy atom. The number of fused-ring (bicyclic) bond motifs is 5. The van der Waals surface area contributed by atoms with Crippen molar-refractivity contribution in [3.63, 3.8) is 0 Å². The maximum Gasteiger partial charge on any atom is 0.0540 e. The van der Waals surface area contributed by atoms with Gasteiger partial charge in [-0.25, -0.2) is 0 Å². The molecule has 8 aromatic carbocycles. The van der Waals surface area contributed by atoms with Crippen LogP contribution in [0, 0.1) is 13.8 Å². The van der Waals surface area contributed by atoms with Crippen LogP contribution in [0.25, 0.3) is 11.1 Å². The van der Waals surface area contributed by atoms with Crippen LogP contribution in [0.3, 0.4) is 0 Å². The van der Waals surface area contributed by atoms with Crippen LogP contribution in [0.2, 0.25) is 0 Å². The monoisotopic (exact) mass is 999 g/mol. The predicted octanol–water partition coefficient (Wildman–Crippen LogP) is 20.5. The molecule has 388 valence electrons. The highest BCUT2D eigenvalue weighted by Crippen LogP contribution is 2.56. The van der Waals surface area contributed by atoms with Crippen molar-refractivity contribution in [3.05, 3.63) is 236 Å². The topological polar surface area (TPSA) is 6.48 Å². The van der Waals surface area contributed by atoms with Gasteiger partial charge in [0.05, 0.1) is 5.69 Å². The first-order chi connectivity index (χ1) is 35.6. The van der Waals surface area contributed by atoms with E-state index in [0.29, 0.717) is 0 Å². The highest BCUT2D eigenvalue weighted by Gasteiger charge is 2.44. The molecule has 0 bridgehead atoms. The second-order valence-electron chi connectivity index (χ2n) is 27.5. The lowest BCUT2D eigenvalue weighted by molar-refractivity contribution is 0.332. The first-order valence-corrected chi connectivity index (χ1v) is 28.2. The second-order valence-corrected chi connectivity index (χ2v) is 27.5. The molecule has 0 N–H and O–H groups in total. The van der Waals surface area contributed by atoms with E-state index in [-0.39, 0.29) is 37.9 Å². The number of rotatable bonds is 7. The summed E-state index contributed by atoms with van der Waals surface area (Å²) in [6.45, 7) is 40.8. The summed E-state index contributed by atoms with van der Waals surface area (Å²) in [5.41, 5.74) is 26.6. The number of benzene rings is 8. The molecule has 0 amide bonds. The molecule has 0 heterocycles. The maximum atomic E-state index is 2.61. The zero-order valence-corrected chi connectivity index (χ0v) is 48.9. The molecule has 3 aliphatic rings. The summed E-state index contributed by atoms with van der Waals surface area (Å²) in [5, 5.41) is 0. The van der Waals surface area contributed by atoms with Gasteiger partial charge in [-0.15, -0.1) is 0 Å². The fraction of sp³-hybridized carbons (Fsp3) is 0.351. The molecule has 0 saturated heterocycles. The van der Waals surface area contributed by atoms with Gasteiger partial charge >= 0.3 is 0 Å². The summed E-state index contributed by atoms with van der Waals surface area (Å²) in [6.07, 6.45) is 2.33. The van der Waals surface area contributed by atoms with E-state index >= 15 is 0 Å². The molecular weight excluding hydrogens is 917 g/mol. The Hall–Kier alpha value is -6.64. The van der Waals surface area contributed by atoms with Crippen molar-refractivity contribution in [2.45, 2.75) is 168 Å². The summed E-state index contributed by atoms with van der Waals surface area (Å²) >= 11 is 0. The van der Waals surface area contributed by atoms with E-state index in [1.807, 2.05) is 0 Å². The summed E-state index contributed by atoms with van der Waals surface area (Å²) in [7, 11) is 0. The van der Waals surface area contributed by atoms with Gasteiger partial charge in [0, 0.05) is 55.7 Å². The summed E-state index contributed by atoms with van der Waals surface area (Å²) in [5.74, 6) is 0. The van der Waals surface area contributed by atoms with Crippen molar-refractivity contribution in [1.29, 1.82) is 0 Å². The van der Waals surface area contributed by atoms with E-state index in [9.17, 15) is 0 Å². The lowest BCUT2D eigenvalue weighted by Gasteiger charge is -2.45. The van der Waals surface area contributed by atoms with Crippen LogP contribution in [-0.4, -0.2) is 0 Å². The van der Waals surface area contributed by atoms with Crippen LogP contribution in [0.5, 0.6) is 0 Å². The van der Waals surface area contributed by atoms with E-state index in [4.69, 9.17) is 0 Å². The number of aryl methyl sites for hydroxylation is 2. The smallest absolute Gasteiger partial charge is 0.0540 e. The Morgan fingerprint density at radius 3 is 1.21 bits per heavy atom. The predicted molar refractivity (Wildman–Crippen MR) is 326 cm³/mol. The Balaban J connectivity index is 1.20. The van der Waals surface area contributed by atoms with E-state index in [2.05, 4.69) is 291 Å². The molecule has 0 spiro atoms. The molecule has 0 unspecified atom stereocenters. The van der Waals surface area contributed by atoms with Gasteiger partial charge in [-0.3, -0.25) is 0 Å². The van der Waals surface area contributed by atoms with E-state index in [1.54, 1.807) is 0 Å². The Bertz CT molecular complexity index is 3600. The van der Waals surface area contributed by atoms with E-state index in [1.165, 1.54) is 101 Å². The van der Waals surface area contributed by atoms with Gasteiger partial charge in [-0.2, -0.15) is 0 Å². The molecule has 0 aromatic heterocycles. The number of hydrogen-bond acceptors (Lipinski definition) is 2. The molecule has 0 fully saturated rings. The fourth-order valence-electron chi connectivity index (χ4n) is 14.0. The fourth-order valence-corrected chi connectivity index (χ4v) is 14.0. The molecule has 0 atom stereocenters. The zero-order chi connectivity index (χ0) is 54.3. The average molecular weight is 999 g/mol. The molecule has 0 radical (unpaired) electrons. The first kappa shape index (κ1) is 51.5. The molecular formula is C74H82N2. The number of nitrogens with zero attached hydrogens (tertiary/aromatic N) is 2. The van der Waals surface area contributed by atoms with Crippen LogP contribution in [-0.2, 0) is 37.9 Å². The lowest BCUT2D eigenvalue weighted by Crippen LogP contribution is -2.36. The summed E-state index contributed by atoms with van der Waals surface area (Å²) in [4.78, 5) is 5.19. The molecule has 2 nitrogen and oxygen atoms in total. The third-order valence-electron chi connectivity index (χ3n) is 18.9. The Morgan fingerprint density at radius 1 is 0.342 bits per heavy atom. The first-order valence-electron chi connectivity index (χ1n) is 28.2. The van der Waals surface area contributed by atoms with Gasteiger partial charge in [0.15, 0.2) is 0 Å². The van der Waals surface area contributed by atoms with Crippen molar-refractivity contribution in [2.24, 2.45) is 0 Å². The minimum Gasteiger partial charge on any atom is -0.310 e. The minimum absolute atomic E-state index is 0.0292. The normalized spacial score (nSPS) is 17.8. The van der Waals surface area contributed by atoms with Crippen molar-refractivity contribution in [2.75, 3.05) is 9.80 Å². The van der Waals surface area contributed by atoms with Crippen LogP contribution < -0.4 is 9.80 Å². The van der Waals surface area contributed by atoms with Crippen LogP contribution in [0.1, 0.15) is 189 Å². The number of anilines is 6. The van der Waals surface area contributed by atoms with E-state index in [0.717, 1.165) is 29.2 Å². The third-order valence-corrected chi connectivity index (χ3v) is 18.9. The average Bonchev–Trinajstić information content (AvgIpc) is 3.38. The van der Waals surface area contributed by atoms with Gasteiger partial charge in [-0.05, 0) is 181 Å². The maximum absolute atomic E-state index is 2.61. The molecule has 0 aliphatic heterocycles. The van der Waals surface area contributed by atoms with Gasteiger partial charge in [0.1, 0.15) is 0 Å². The van der Waals surface area contributed by atoms with Gasteiger partial charge in [0.25, 0.3) is 0 Å². The summed E-state index contributed by atoms with van der Waals surface area (Å²) in [6, 6.07) is 63.8. The largest absolute Gasteiger partial charge is 0.310 e. The standard InChI is InChI=1S/C74H82N2/c1-47-39-53(75(66-36-31-50(68(3,4)5)42-55(66)49-25-19-18-20-26-49)51-32-34-60-64(44-51)73(14,15)58-29-23-21-27-56(58)71(60,10)11)43-54(40-47)76(67-46-63-62(41-48(67)2)69(6,7)37-38-70(63,8)9)52-33-35-61-65(45-52)74(16,17)59-30-24-22-28-57(59)72(61,12)13/h18-36,39-46H,37-38H2,1-17H3. The quantitative estimate of drug-likeness (QED) is 0.157. The van der Waals surface area contributed by atoms with Gasteiger partial charge < -0.3 is 9.80 Å². The minimum atomic E-state index is -0.225. The van der Waals surface area contributed by atoms with Crippen molar-refractivity contribution < 1.29 is 0 Å². The van der Waals surface area contributed by atoms with Crippen LogP contribution in [0.4, 0.5) is 34.1 Å². The molecule has 8 aromatic rings. The Kier molecular flexibility index (Phi) is 11.8. The highest BCUT2D eigenvalue weighted by atomic mass is 15.2. The van der Waals surface area contributed by atoms with Crippen molar-refractivity contribution in [1.82, 2.24) is 0 Å². The zero-order valence-electron chi connectivity index (χ0n) is 48.9. The molecule has 11 rings (SSSR count). The molecule has 0 saturated carbocycles. The highest BCUT2D eigenvalue weighted by molar-refractivity contribution is 5.91. The van der Waals surface area contributed by atoms with Gasteiger partial charge in [0.2, 0.25) is 0 Å². The molecule has 2 heteroatoms. The van der Waals surface area contributed by atoms with Crippen molar-refractivity contribution >= 4 is 34.1 Å². The number of hydrogen-bond donors (Lipinski definition) is 0. The molecule has 76 heavy (non-hydrogen) atoms. The third kappa shape index (κ3) is 8.10. The van der Waals surface area contributed by atoms with Gasteiger partial charge in [-0.1, -0.05) is 207 Å². The van der Waals surface area contributed by atoms with E-state index < -0.39 is 0 Å². The summed E-state index contributed by atoms with van der Waals surface area (Å²) < 4.78 is 0. The second kappa shape index (κ2) is 17.4. The van der Waals surface area contributed by atoms with Crippen LogP contribution in [0.15, 0.2) is 164 Å². The Labute approximate surface area is 457 Å². The SMILES string of the molecule is Cc1cc(N(c2ccc3c(c2)C(C)(C)c2ccccc2C3(C)C)c2cc3c(cc2C)C(C)(C)CCC3(C)C)cc(N(c2ccc3c(c2)C(C)(C)c2ccccc2C3(C)C)c2ccc(C(C)(C)C)cc2-c2ccccc2)c1.